The number of ether oxygens (including phenoxy) is 2. The number of carbonyl (C=O) groups excluding carboxylic acids is 1. The molecule has 152 valence electrons. The lowest BCUT2D eigenvalue weighted by molar-refractivity contribution is -0.917. The molecule has 6 nitrogen and oxygen atoms in total. The van der Waals surface area contributed by atoms with Gasteiger partial charge in [-0.05, 0) is 25.1 Å². The number of carbonyl (C=O) groups is 1. The summed E-state index contributed by atoms with van der Waals surface area (Å²) in [5, 5.41) is 9.49. The van der Waals surface area contributed by atoms with Gasteiger partial charge in [0.25, 0.3) is 0 Å². The first-order valence-electron chi connectivity index (χ1n) is 8.68. The van der Waals surface area contributed by atoms with Crippen molar-refractivity contribution in [2.75, 3.05) is 40.4 Å². The van der Waals surface area contributed by atoms with Crippen LogP contribution in [0.3, 0.4) is 0 Å². The second kappa shape index (κ2) is 8.35. The van der Waals surface area contributed by atoms with Crippen LogP contribution in [-0.2, 0) is 11.3 Å². The predicted octanol–water partition coefficient (Wildman–Crippen LogP) is 0.634. The number of piperazine rings is 1. The molecule has 0 saturated carbocycles. The van der Waals surface area contributed by atoms with Crippen LogP contribution in [-0.4, -0.2) is 68.1 Å². The molecule has 1 aromatic rings. The van der Waals surface area contributed by atoms with E-state index in [4.69, 9.17) is 9.47 Å². The average Bonchev–Trinajstić information content (AvgIpc) is 2.60. The summed E-state index contributed by atoms with van der Waals surface area (Å²) in [6, 6.07) is 5.66. The van der Waals surface area contributed by atoms with Crippen LogP contribution in [0, 0.1) is 0 Å². The third-order valence-electron chi connectivity index (χ3n) is 4.83. The van der Waals surface area contributed by atoms with E-state index in [9.17, 15) is 23.1 Å². The Morgan fingerprint density at radius 3 is 2.30 bits per heavy atom. The van der Waals surface area contributed by atoms with Crippen LogP contribution in [0.2, 0.25) is 0 Å². The summed E-state index contributed by atoms with van der Waals surface area (Å²) in [5.41, 5.74) is -1.96. The highest BCUT2D eigenvalue weighted by Crippen LogP contribution is 2.33. The van der Waals surface area contributed by atoms with E-state index in [-0.39, 0.29) is 0 Å². The molecule has 9 heteroatoms. The number of methoxy groups -OCH3 is 2. The normalized spacial score (nSPS) is 18.1. The van der Waals surface area contributed by atoms with Gasteiger partial charge in [0, 0.05) is 5.56 Å². The quantitative estimate of drug-likeness (QED) is 0.747. The second-order valence-corrected chi connectivity index (χ2v) is 6.95. The van der Waals surface area contributed by atoms with Gasteiger partial charge in [0.1, 0.15) is 6.54 Å². The van der Waals surface area contributed by atoms with E-state index in [1.165, 1.54) is 9.80 Å². The van der Waals surface area contributed by atoms with Crippen LogP contribution in [0.5, 0.6) is 11.5 Å². The Hall–Kier alpha value is -2.00. The fraction of sp³-hybridized carbons (Fsp3) is 0.611. The number of halogens is 3. The number of aliphatic hydroxyl groups is 1. The number of hydrogen-bond acceptors (Lipinski definition) is 4. The first kappa shape index (κ1) is 21.3. The van der Waals surface area contributed by atoms with E-state index in [1.807, 2.05) is 18.2 Å². The molecule has 0 spiro atoms. The van der Waals surface area contributed by atoms with Crippen molar-refractivity contribution in [1.82, 2.24) is 4.90 Å². The number of rotatable bonds is 6. The van der Waals surface area contributed by atoms with Gasteiger partial charge in [-0.3, -0.25) is 4.79 Å². The third-order valence-corrected chi connectivity index (χ3v) is 4.83. The summed E-state index contributed by atoms with van der Waals surface area (Å²) < 4.78 is 48.7. The van der Waals surface area contributed by atoms with E-state index in [2.05, 4.69) is 0 Å². The smallest absolute Gasteiger partial charge is 0.417 e. The molecule has 1 aliphatic heterocycles. The molecule has 1 atom stereocenters. The minimum atomic E-state index is -4.83. The van der Waals surface area contributed by atoms with Gasteiger partial charge in [0.2, 0.25) is 5.91 Å². The minimum absolute atomic E-state index is 0.357. The summed E-state index contributed by atoms with van der Waals surface area (Å²) in [6.45, 7) is 3.29. The zero-order chi connectivity index (χ0) is 20.2. The number of alkyl halides is 3. The van der Waals surface area contributed by atoms with Crippen molar-refractivity contribution >= 4 is 5.91 Å². The summed E-state index contributed by atoms with van der Waals surface area (Å²) >= 11 is 0. The fourth-order valence-electron chi connectivity index (χ4n) is 3.03. The molecule has 0 bridgehead atoms. The molecule has 27 heavy (non-hydrogen) atoms. The molecule has 1 aromatic carbocycles. The molecule has 1 heterocycles. The molecule has 2 N–H and O–H groups in total. The molecule has 1 fully saturated rings. The number of hydrogen-bond donors (Lipinski definition) is 2. The molecule has 1 amide bonds. The highest BCUT2D eigenvalue weighted by molar-refractivity contribution is 5.77. The first-order chi connectivity index (χ1) is 12.6. The zero-order valence-corrected chi connectivity index (χ0v) is 15.7. The maximum absolute atomic E-state index is 12.7. The number of nitrogens with one attached hydrogen (secondary N) is 1. The van der Waals surface area contributed by atoms with Crippen molar-refractivity contribution in [3.8, 4) is 11.5 Å². The SMILES string of the molecule is COc1ccc(C[NH+]2CCN(C(=O)C[C@](C)(O)C(F)(F)F)CC2)cc1OC. The summed E-state index contributed by atoms with van der Waals surface area (Å²) in [7, 11) is 3.13. The van der Waals surface area contributed by atoms with Gasteiger partial charge in [-0.1, -0.05) is 0 Å². The number of nitrogens with zero attached hydrogens (tertiary/aromatic N) is 1. The molecule has 1 aliphatic rings. The number of quaternary nitrogens is 1. The van der Waals surface area contributed by atoms with E-state index in [0.29, 0.717) is 51.1 Å². The zero-order valence-electron chi connectivity index (χ0n) is 15.7. The highest BCUT2D eigenvalue weighted by atomic mass is 19.4. The van der Waals surface area contributed by atoms with Crippen LogP contribution in [0.25, 0.3) is 0 Å². The Kier molecular flexibility index (Phi) is 6.59. The van der Waals surface area contributed by atoms with Crippen molar-refractivity contribution in [2.24, 2.45) is 0 Å². The topological polar surface area (TPSA) is 63.4 Å². The Labute approximate surface area is 156 Å². The minimum Gasteiger partial charge on any atom is -0.493 e. The number of amides is 1. The van der Waals surface area contributed by atoms with Gasteiger partial charge in [-0.25, -0.2) is 0 Å². The molecule has 0 aliphatic carbocycles. The Balaban J connectivity index is 1.89. The van der Waals surface area contributed by atoms with Crippen LogP contribution in [0.4, 0.5) is 13.2 Å². The van der Waals surface area contributed by atoms with Crippen molar-refractivity contribution in [2.45, 2.75) is 31.7 Å². The molecular weight excluding hydrogens is 365 g/mol. The average molecular weight is 391 g/mol. The standard InChI is InChI=1S/C18H25F3N2O4/c1-17(25,18(19,20)21)11-16(24)23-8-6-22(7-9-23)12-13-4-5-14(26-2)15(10-13)27-3/h4-5,10,25H,6-9,11-12H2,1-3H3/p+1/t17-/m0/s1. The molecule has 0 radical (unpaired) electrons. The van der Waals surface area contributed by atoms with E-state index < -0.39 is 24.1 Å². The number of benzene rings is 1. The molecule has 2 rings (SSSR count). The summed E-state index contributed by atoms with van der Waals surface area (Å²) in [5.74, 6) is 0.600. The Bertz CT molecular complexity index is 656. The van der Waals surface area contributed by atoms with E-state index in [0.717, 1.165) is 5.56 Å². The molecule has 0 unspecified atom stereocenters. The van der Waals surface area contributed by atoms with Gasteiger partial charge >= 0.3 is 6.18 Å². The van der Waals surface area contributed by atoms with E-state index in [1.54, 1.807) is 14.2 Å². The van der Waals surface area contributed by atoms with Crippen molar-refractivity contribution < 1.29 is 37.4 Å². The maximum Gasteiger partial charge on any atom is 0.417 e. The monoisotopic (exact) mass is 391 g/mol. The Morgan fingerprint density at radius 2 is 1.78 bits per heavy atom. The first-order valence-corrected chi connectivity index (χ1v) is 8.68. The molecule has 1 saturated heterocycles. The van der Waals surface area contributed by atoms with Crippen molar-refractivity contribution in [3.05, 3.63) is 23.8 Å². The van der Waals surface area contributed by atoms with Gasteiger partial charge in [0.15, 0.2) is 17.1 Å². The third kappa shape index (κ3) is 5.26. The van der Waals surface area contributed by atoms with E-state index >= 15 is 0 Å². The Morgan fingerprint density at radius 1 is 1.19 bits per heavy atom. The largest absolute Gasteiger partial charge is 0.493 e. The van der Waals surface area contributed by atoms with Crippen LogP contribution < -0.4 is 14.4 Å². The van der Waals surface area contributed by atoms with Gasteiger partial charge < -0.3 is 24.4 Å². The highest BCUT2D eigenvalue weighted by Gasteiger charge is 2.51. The molecule has 0 aromatic heterocycles. The fourth-order valence-corrected chi connectivity index (χ4v) is 3.03. The lowest BCUT2D eigenvalue weighted by Crippen LogP contribution is -3.13. The van der Waals surface area contributed by atoms with Gasteiger partial charge in [-0.15, -0.1) is 0 Å². The lowest BCUT2D eigenvalue weighted by atomic mass is 10.0. The van der Waals surface area contributed by atoms with Crippen LogP contribution >= 0.6 is 0 Å². The van der Waals surface area contributed by atoms with Crippen LogP contribution in [0.1, 0.15) is 18.9 Å². The summed E-state index contributed by atoms with van der Waals surface area (Å²) in [6.07, 6.45) is -5.79. The predicted molar refractivity (Wildman–Crippen MR) is 91.8 cm³/mol. The summed E-state index contributed by atoms with van der Waals surface area (Å²) in [4.78, 5) is 14.7. The maximum atomic E-state index is 12.7. The lowest BCUT2D eigenvalue weighted by Gasteiger charge is -2.34. The van der Waals surface area contributed by atoms with Crippen LogP contribution in [0.15, 0.2) is 18.2 Å². The van der Waals surface area contributed by atoms with Crippen molar-refractivity contribution in [3.63, 3.8) is 0 Å². The second-order valence-electron chi connectivity index (χ2n) is 6.95. The van der Waals surface area contributed by atoms with Crippen molar-refractivity contribution in [1.29, 1.82) is 0 Å². The van der Waals surface area contributed by atoms with Gasteiger partial charge in [-0.2, -0.15) is 13.2 Å². The van der Waals surface area contributed by atoms with Gasteiger partial charge in [0.05, 0.1) is 46.8 Å². The molecular formula is C18H26F3N2O4+.